The van der Waals surface area contributed by atoms with Gasteiger partial charge >= 0.3 is 0 Å². The van der Waals surface area contributed by atoms with Crippen LogP contribution in [0.4, 0.5) is 0 Å². The highest BCUT2D eigenvalue weighted by Crippen LogP contribution is 2.29. The van der Waals surface area contributed by atoms with Crippen molar-refractivity contribution in [1.82, 2.24) is 5.32 Å². The molecule has 0 radical (unpaired) electrons. The van der Waals surface area contributed by atoms with Crippen molar-refractivity contribution in [3.8, 4) is 11.8 Å². The first-order chi connectivity index (χ1) is 7.76. The molecule has 3 N–H and O–H groups in total. The van der Waals surface area contributed by atoms with Crippen molar-refractivity contribution < 1.29 is 4.74 Å². The molecule has 16 heavy (non-hydrogen) atoms. The summed E-state index contributed by atoms with van der Waals surface area (Å²) in [5.41, 5.74) is 5.99. The van der Waals surface area contributed by atoms with Gasteiger partial charge in [0.05, 0.1) is 6.10 Å². The van der Waals surface area contributed by atoms with E-state index < -0.39 is 0 Å². The Labute approximate surface area is 99.1 Å². The fraction of sp³-hybridized carbons (Fsp3) is 0.846. The van der Waals surface area contributed by atoms with E-state index in [-0.39, 0.29) is 5.54 Å². The number of ether oxygens (including phenoxy) is 1. The maximum absolute atomic E-state index is 5.92. The van der Waals surface area contributed by atoms with E-state index in [1.165, 1.54) is 6.42 Å². The largest absolute Gasteiger partial charge is 0.381 e. The molecule has 92 valence electrons. The van der Waals surface area contributed by atoms with Crippen molar-refractivity contribution in [1.29, 1.82) is 0 Å². The molecule has 2 atom stereocenters. The van der Waals surface area contributed by atoms with Gasteiger partial charge in [0.1, 0.15) is 0 Å². The second-order valence-electron chi connectivity index (χ2n) is 4.54. The van der Waals surface area contributed by atoms with Crippen LogP contribution in [0.25, 0.3) is 0 Å². The summed E-state index contributed by atoms with van der Waals surface area (Å²) in [6, 6.07) is 0. The highest BCUT2D eigenvalue weighted by Gasteiger charge is 2.34. The molecule has 1 saturated carbocycles. The molecule has 1 fully saturated rings. The van der Waals surface area contributed by atoms with E-state index in [2.05, 4.69) is 17.2 Å². The summed E-state index contributed by atoms with van der Waals surface area (Å²) in [5, 5.41) is 3.58. The lowest BCUT2D eigenvalue weighted by atomic mass is 9.80. The summed E-state index contributed by atoms with van der Waals surface area (Å²) in [6.07, 6.45) is 5.80. The second kappa shape index (κ2) is 6.90. The molecular weight excluding hydrogens is 200 g/mol. The average molecular weight is 224 g/mol. The molecule has 3 nitrogen and oxygen atoms in total. The molecule has 0 aromatic heterocycles. The van der Waals surface area contributed by atoms with E-state index in [0.717, 1.165) is 32.2 Å². The van der Waals surface area contributed by atoms with Gasteiger partial charge < -0.3 is 15.8 Å². The minimum Gasteiger partial charge on any atom is -0.381 e. The Bertz CT molecular complexity index is 256. The standard InChI is InChI=1S/C13H24N2O/c1-3-4-5-9-15-13(11-14)8-6-7-12(10-13)16-2/h12,15H,5-11,14H2,1-2H3. The van der Waals surface area contributed by atoms with Crippen molar-refractivity contribution in [2.24, 2.45) is 5.73 Å². The van der Waals surface area contributed by atoms with Crippen molar-refractivity contribution in [2.75, 3.05) is 20.2 Å². The predicted molar refractivity (Wildman–Crippen MR) is 67.1 cm³/mol. The van der Waals surface area contributed by atoms with Crippen LogP contribution in [0.1, 0.15) is 39.0 Å². The van der Waals surface area contributed by atoms with Crippen LogP contribution in [-0.4, -0.2) is 31.8 Å². The van der Waals surface area contributed by atoms with Crippen LogP contribution in [0.5, 0.6) is 0 Å². The van der Waals surface area contributed by atoms with Crippen molar-refractivity contribution in [3.63, 3.8) is 0 Å². The van der Waals surface area contributed by atoms with Gasteiger partial charge in [-0.2, -0.15) is 0 Å². The van der Waals surface area contributed by atoms with Crippen LogP contribution in [0.2, 0.25) is 0 Å². The summed E-state index contributed by atoms with van der Waals surface area (Å²) >= 11 is 0. The molecule has 0 aromatic carbocycles. The fourth-order valence-corrected chi connectivity index (χ4v) is 2.44. The number of methoxy groups -OCH3 is 1. The third kappa shape index (κ3) is 3.79. The molecule has 3 heteroatoms. The van der Waals surface area contributed by atoms with Crippen LogP contribution in [0.15, 0.2) is 0 Å². The summed E-state index contributed by atoms with van der Waals surface area (Å²) < 4.78 is 5.45. The van der Waals surface area contributed by atoms with E-state index in [1.807, 2.05) is 6.92 Å². The Kier molecular flexibility index (Phi) is 5.83. The molecule has 0 heterocycles. The number of rotatable bonds is 5. The van der Waals surface area contributed by atoms with Gasteiger partial charge in [0.15, 0.2) is 0 Å². The van der Waals surface area contributed by atoms with Crippen LogP contribution >= 0.6 is 0 Å². The second-order valence-corrected chi connectivity index (χ2v) is 4.54. The molecule has 1 aliphatic carbocycles. The van der Waals surface area contributed by atoms with Gasteiger partial charge in [-0.15, -0.1) is 11.8 Å². The average Bonchev–Trinajstić information content (AvgIpc) is 2.35. The normalized spacial score (nSPS) is 29.6. The smallest absolute Gasteiger partial charge is 0.0589 e. The molecule has 1 rings (SSSR count). The molecule has 2 unspecified atom stereocenters. The van der Waals surface area contributed by atoms with Crippen LogP contribution in [-0.2, 0) is 4.74 Å². The van der Waals surface area contributed by atoms with Gasteiger partial charge in [0, 0.05) is 32.2 Å². The SMILES string of the molecule is CC#CCCNC1(CN)CCCC(OC)C1. The van der Waals surface area contributed by atoms with Gasteiger partial charge in [-0.1, -0.05) is 0 Å². The van der Waals surface area contributed by atoms with Crippen molar-refractivity contribution in [3.05, 3.63) is 0 Å². The minimum atomic E-state index is 0.0777. The molecule has 0 aliphatic heterocycles. The highest BCUT2D eigenvalue weighted by atomic mass is 16.5. The number of hydrogen-bond acceptors (Lipinski definition) is 3. The summed E-state index contributed by atoms with van der Waals surface area (Å²) in [6.45, 7) is 3.49. The van der Waals surface area contributed by atoms with E-state index in [9.17, 15) is 0 Å². The van der Waals surface area contributed by atoms with Crippen LogP contribution in [0, 0.1) is 11.8 Å². The molecule has 1 aliphatic rings. The molecule has 0 saturated heterocycles. The van der Waals surface area contributed by atoms with Gasteiger partial charge in [-0.05, 0) is 32.6 Å². The summed E-state index contributed by atoms with van der Waals surface area (Å²) in [5.74, 6) is 5.98. The number of hydrogen-bond donors (Lipinski definition) is 2. The first-order valence-corrected chi connectivity index (χ1v) is 6.14. The van der Waals surface area contributed by atoms with Gasteiger partial charge in [-0.3, -0.25) is 0 Å². The topological polar surface area (TPSA) is 47.3 Å². The maximum atomic E-state index is 5.92. The minimum absolute atomic E-state index is 0.0777. The van der Waals surface area contributed by atoms with Gasteiger partial charge in [0.2, 0.25) is 0 Å². The Morgan fingerprint density at radius 2 is 2.38 bits per heavy atom. The predicted octanol–water partition coefficient (Wildman–Crippen LogP) is 1.28. The first-order valence-electron chi connectivity index (χ1n) is 6.14. The van der Waals surface area contributed by atoms with Crippen molar-refractivity contribution >= 4 is 0 Å². The van der Waals surface area contributed by atoms with Crippen LogP contribution in [0.3, 0.4) is 0 Å². The lowest BCUT2D eigenvalue weighted by molar-refractivity contribution is 0.0332. The lowest BCUT2D eigenvalue weighted by Crippen LogP contribution is -2.55. The Morgan fingerprint density at radius 3 is 3.00 bits per heavy atom. The maximum Gasteiger partial charge on any atom is 0.0589 e. The van der Waals surface area contributed by atoms with Gasteiger partial charge in [0.25, 0.3) is 0 Å². The zero-order valence-electron chi connectivity index (χ0n) is 10.5. The quantitative estimate of drug-likeness (QED) is 0.546. The Balaban J connectivity index is 2.44. The third-order valence-corrected chi connectivity index (χ3v) is 3.45. The molecule has 0 bridgehead atoms. The lowest BCUT2D eigenvalue weighted by Gasteiger charge is -2.40. The highest BCUT2D eigenvalue weighted by molar-refractivity contribution is 4.99. The van der Waals surface area contributed by atoms with Crippen LogP contribution < -0.4 is 11.1 Å². The molecule has 0 amide bonds. The Morgan fingerprint density at radius 1 is 1.56 bits per heavy atom. The third-order valence-electron chi connectivity index (χ3n) is 3.45. The summed E-state index contributed by atoms with van der Waals surface area (Å²) in [7, 11) is 1.79. The molecule has 0 aromatic rings. The van der Waals surface area contributed by atoms with E-state index in [4.69, 9.17) is 10.5 Å². The van der Waals surface area contributed by atoms with E-state index in [1.54, 1.807) is 7.11 Å². The van der Waals surface area contributed by atoms with E-state index >= 15 is 0 Å². The van der Waals surface area contributed by atoms with Crippen molar-refractivity contribution in [2.45, 2.75) is 50.7 Å². The fourth-order valence-electron chi connectivity index (χ4n) is 2.44. The monoisotopic (exact) mass is 224 g/mol. The first kappa shape index (κ1) is 13.5. The number of nitrogens with one attached hydrogen (secondary N) is 1. The zero-order chi connectivity index (χ0) is 11.9. The number of nitrogens with two attached hydrogens (primary N) is 1. The molecular formula is C13H24N2O. The molecule has 0 spiro atoms. The zero-order valence-corrected chi connectivity index (χ0v) is 10.5. The van der Waals surface area contributed by atoms with E-state index in [0.29, 0.717) is 12.6 Å². The summed E-state index contributed by atoms with van der Waals surface area (Å²) in [4.78, 5) is 0. The Hall–Kier alpha value is -0.560. The van der Waals surface area contributed by atoms with Gasteiger partial charge in [-0.25, -0.2) is 0 Å².